The number of morpholine rings is 1. The van der Waals surface area contributed by atoms with Crippen molar-refractivity contribution in [1.82, 2.24) is 9.97 Å². The predicted octanol–water partition coefficient (Wildman–Crippen LogP) is 0.735. The molecule has 0 aliphatic carbocycles. The minimum atomic E-state index is 0. The summed E-state index contributed by atoms with van der Waals surface area (Å²) in [4.78, 5) is 10.5. The topological polar surface area (TPSA) is 38.2 Å². The zero-order chi connectivity index (χ0) is 8.23. The van der Waals surface area contributed by atoms with E-state index in [2.05, 4.69) is 14.9 Å². The van der Waals surface area contributed by atoms with Crippen LogP contribution < -0.4 is 4.90 Å². The van der Waals surface area contributed by atoms with E-state index in [9.17, 15) is 0 Å². The quantitative estimate of drug-likeness (QED) is 0.672. The Labute approximate surface area is 83.4 Å². The third kappa shape index (κ3) is 2.54. The van der Waals surface area contributed by atoms with E-state index in [0.29, 0.717) is 0 Å². The first-order chi connectivity index (χ1) is 5.97. The summed E-state index contributed by atoms with van der Waals surface area (Å²) in [6.45, 7) is 3.34. The van der Waals surface area contributed by atoms with Crippen molar-refractivity contribution in [2.24, 2.45) is 0 Å². The molecule has 1 aliphatic heterocycles. The van der Waals surface area contributed by atoms with Crippen molar-refractivity contribution in [3.8, 4) is 0 Å². The van der Waals surface area contributed by atoms with Crippen LogP contribution in [0, 0.1) is 0 Å². The molecular weight excluding hydrogens is 190 g/mol. The molecule has 0 aromatic carbocycles. The fourth-order valence-corrected chi connectivity index (χ4v) is 1.22. The van der Waals surface area contributed by atoms with Gasteiger partial charge in [-0.15, -0.1) is 12.4 Å². The molecule has 0 amide bonds. The van der Waals surface area contributed by atoms with Crippen LogP contribution in [0.3, 0.4) is 0 Å². The fourth-order valence-electron chi connectivity index (χ4n) is 1.22. The average Bonchev–Trinajstić information content (AvgIpc) is 2.21. The molecule has 72 valence electrons. The molecule has 2 rings (SSSR count). The van der Waals surface area contributed by atoms with E-state index in [-0.39, 0.29) is 12.4 Å². The van der Waals surface area contributed by atoms with Crippen molar-refractivity contribution in [3.63, 3.8) is 0 Å². The summed E-state index contributed by atoms with van der Waals surface area (Å²) in [7, 11) is 0. The number of ether oxygens (including phenoxy) is 1. The van der Waals surface area contributed by atoms with Gasteiger partial charge in [0.25, 0.3) is 0 Å². The van der Waals surface area contributed by atoms with Gasteiger partial charge in [0.1, 0.15) is 0 Å². The highest BCUT2D eigenvalue weighted by molar-refractivity contribution is 5.85. The molecule has 1 fully saturated rings. The smallest absolute Gasteiger partial charge is 0.225 e. The summed E-state index contributed by atoms with van der Waals surface area (Å²) in [6.07, 6.45) is 3.52. The van der Waals surface area contributed by atoms with Gasteiger partial charge in [0.2, 0.25) is 5.95 Å². The fraction of sp³-hybridized carbons (Fsp3) is 0.500. The van der Waals surface area contributed by atoms with Crippen molar-refractivity contribution in [3.05, 3.63) is 18.5 Å². The molecule has 4 nitrogen and oxygen atoms in total. The van der Waals surface area contributed by atoms with E-state index < -0.39 is 0 Å². The number of halogens is 1. The molecule has 0 unspecified atom stereocenters. The molecule has 0 saturated carbocycles. The first-order valence-electron chi connectivity index (χ1n) is 4.06. The van der Waals surface area contributed by atoms with Crippen LogP contribution in [0.2, 0.25) is 0 Å². The summed E-state index contributed by atoms with van der Waals surface area (Å²) in [5, 5.41) is 0. The molecule has 1 aromatic rings. The summed E-state index contributed by atoms with van der Waals surface area (Å²) in [6, 6.07) is 1.82. The van der Waals surface area contributed by atoms with E-state index in [1.807, 2.05) is 6.07 Å². The highest BCUT2D eigenvalue weighted by Gasteiger charge is 2.11. The summed E-state index contributed by atoms with van der Waals surface area (Å²) >= 11 is 0. The largest absolute Gasteiger partial charge is 0.378 e. The van der Waals surface area contributed by atoms with Gasteiger partial charge in [0.05, 0.1) is 13.2 Å². The molecule has 0 radical (unpaired) electrons. The lowest BCUT2D eigenvalue weighted by Gasteiger charge is -2.26. The Morgan fingerprint density at radius 1 is 1.15 bits per heavy atom. The van der Waals surface area contributed by atoms with Crippen LogP contribution in [-0.2, 0) is 4.74 Å². The Kier molecular flexibility index (Phi) is 3.92. The summed E-state index contributed by atoms with van der Waals surface area (Å²) in [5.74, 6) is 0.806. The van der Waals surface area contributed by atoms with Crippen LogP contribution in [0.5, 0.6) is 0 Å². The number of aromatic nitrogens is 2. The maximum Gasteiger partial charge on any atom is 0.225 e. The Balaban J connectivity index is 0.000000845. The van der Waals surface area contributed by atoms with Gasteiger partial charge in [-0.25, -0.2) is 9.97 Å². The highest BCUT2D eigenvalue weighted by atomic mass is 35.5. The SMILES string of the molecule is Cl.c1cnc(N2CCOCC2)nc1. The Morgan fingerprint density at radius 2 is 1.77 bits per heavy atom. The maximum atomic E-state index is 5.22. The monoisotopic (exact) mass is 201 g/mol. The number of hydrogen-bond donors (Lipinski definition) is 0. The van der Waals surface area contributed by atoms with Crippen molar-refractivity contribution in [1.29, 1.82) is 0 Å². The molecule has 0 N–H and O–H groups in total. The van der Waals surface area contributed by atoms with Crippen LogP contribution in [-0.4, -0.2) is 36.3 Å². The lowest BCUT2D eigenvalue weighted by Crippen LogP contribution is -2.37. The molecule has 1 aliphatic rings. The molecule has 13 heavy (non-hydrogen) atoms. The molecular formula is C8H12ClN3O. The maximum absolute atomic E-state index is 5.22. The normalized spacial score (nSPS) is 16.5. The number of nitrogens with zero attached hydrogens (tertiary/aromatic N) is 3. The zero-order valence-electron chi connectivity index (χ0n) is 7.22. The predicted molar refractivity (Wildman–Crippen MR) is 52.3 cm³/mol. The zero-order valence-corrected chi connectivity index (χ0v) is 8.04. The average molecular weight is 202 g/mol. The molecule has 2 heterocycles. The molecule has 0 spiro atoms. The molecule has 1 aromatic heterocycles. The van der Waals surface area contributed by atoms with Gasteiger partial charge in [0, 0.05) is 25.5 Å². The van der Waals surface area contributed by atoms with E-state index >= 15 is 0 Å². The van der Waals surface area contributed by atoms with Gasteiger partial charge in [-0.05, 0) is 6.07 Å². The first kappa shape index (κ1) is 10.2. The third-order valence-electron chi connectivity index (χ3n) is 1.85. The van der Waals surface area contributed by atoms with Gasteiger partial charge in [0.15, 0.2) is 0 Å². The van der Waals surface area contributed by atoms with Gasteiger partial charge in [-0.3, -0.25) is 0 Å². The number of hydrogen-bond acceptors (Lipinski definition) is 4. The van der Waals surface area contributed by atoms with Crippen molar-refractivity contribution >= 4 is 18.4 Å². The second-order valence-electron chi connectivity index (χ2n) is 2.65. The van der Waals surface area contributed by atoms with Crippen LogP contribution >= 0.6 is 12.4 Å². The van der Waals surface area contributed by atoms with Gasteiger partial charge in [-0.1, -0.05) is 0 Å². The molecule has 5 heteroatoms. The lowest BCUT2D eigenvalue weighted by molar-refractivity contribution is 0.122. The molecule has 0 bridgehead atoms. The summed E-state index contributed by atoms with van der Waals surface area (Å²) in [5.41, 5.74) is 0. The number of anilines is 1. The van der Waals surface area contributed by atoms with E-state index in [0.717, 1.165) is 32.3 Å². The van der Waals surface area contributed by atoms with Crippen molar-refractivity contribution in [2.45, 2.75) is 0 Å². The Hall–Kier alpha value is -0.870. The van der Waals surface area contributed by atoms with E-state index in [1.165, 1.54) is 0 Å². The molecule has 0 atom stereocenters. The third-order valence-corrected chi connectivity index (χ3v) is 1.85. The van der Waals surface area contributed by atoms with Crippen molar-refractivity contribution in [2.75, 3.05) is 31.2 Å². The van der Waals surface area contributed by atoms with Crippen molar-refractivity contribution < 1.29 is 4.74 Å². The molecule has 1 saturated heterocycles. The minimum absolute atomic E-state index is 0. The van der Waals surface area contributed by atoms with Crippen LogP contribution in [0.4, 0.5) is 5.95 Å². The second-order valence-corrected chi connectivity index (χ2v) is 2.65. The second kappa shape index (κ2) is 4.99. The summed E-state index contributed by atoms with van der Waals surface area (Å²) < 4.78 is 5.22. The van der Waals surface area contributed by atoms with Crippen LogP contribution in [0.1, 0.15) is 0 Å². The first-order valence-corrected chi connectivity index (χ1v) is 4.06. The van der Waals surface area contributed by atoms with E-state index in [1.54, 1.807) is 12.4 Å². The van der Waals surface area contributed by atoms with Crippen LogP contribution in [0.15, 0.2) is 18.5 Å². The van der Waals surface area contributed by atoms with Crippen LogP contribution in [0.25, 0.3) is 0 Å². The highest BCUT2D eigenvalue weighted by Crippen LogP contribution is 2.06. The Morgan fingerprint density at radius 3 is 2.38 bits per heavy atom. The Bertz CT molecular complexity index is 238. The number of rotatable bonds is 1. The lowest BCUT2D eigenvalue weighted by atomic mass is 10.4. The van der Waals surface area contributed by atoms with E-state index in [4.69, 9.17) is 4.74 Å². The standard InChI is InChI=1S/C8H11N3O.ClH/c1-2-9-8(10-3-1)11-4-6-12-7-5-11;/h1-3H,4-7H2;1H. The van der Waals surface area contributed by atoms with Gasteiger partial charge in [-0.2, -0.15) is 0 Å². The van der Waals surface area contributed by atoms with Gasteiger partial charge < -0.3 is 9.64 Å². The van der Waals surface area contributed by atoms with Gasteiger partial charge >= 0.3 is 0 Å². The minimum Gasteiger partial charge on any atom is -0.378 e.